The highest BCUT2D eigenvalue weighted by atomic mass is 16.5. The summed E-state index contributed by atoms with van der Waals surface area (Å²) in [6, 6.07) is 0.456. The van der Waals surface area contributed by atoms with Gasteiger partial charge in [-0.2, -0.15) is 0 Å². The molecule has 0 aromatic carbocycles. The number of ether oxygens (including phenoxy) is 1. The van der Waals surface area contributed by atoms with E-state index in [9.17, 15) is 4.79 Å². The normalized spacial score (nSPS) is 27.1. The molecule has 2 saturated heterocycles. The van der Waals surface area contributed by atoms with Crippen LogP contribution in [0.15, 0.2) is 12.7 Å². The molecule has 0 aromatic heterocycles. The Hall–Kier alpha value is -1.07. The fraction of sp³-hybridized carbons (Fsp3) is 0.786. The first-order valence-corrected chi connectivity index (χ1v) is 7.14. The Labute approximate surface area is 115 Å². The Morgan fingerprint density at radius 1 is 1.47 bits per heavy atom. The van der Waals surface area contributed by atoms with Gasteiger partial charge in [0.1, 0.15) is 0 Å². The van der Waals surface area contributed by atoms with Gasteiger partial charge in [0, 0.05) is 25.7 Å². The van der Waals surface area contributed by atoms with Gasteiger partial charge in [0.25, 0.3) is 0 Å². The summed E-state index contributed by atoms with van der Waals surface area (Å²) in [5.74, 6) is 0.693. The van der Waals surface area contributed by atoms with Crippen LogP contribution in [0.1, 0.15) is 12.8 Å². The van der Waals surface area contributed by atoms with Gasteiger partial charge in [0.2, 0.25) is 0 Å². The number of piperidine rings is 1. The number of nitrogens with one attached hydrogen (secondary N) is 1. The minimum atomic E-state index is 0.0602. The van der Waals surface area contributed by atoms with Crippen LogP contribution in [0.3, 0.4) is 0 Å². The van der Waals surface area contributed by atoms with Crippen LogP contribution in [-0.4, -0.2) is 68.3 Å². The molecule has 2 aliphatic rings. The van der Waals surface area contributed by atoms with E-state index < -0.39 is 0 Å². The Balaban J connectivity index is 1.74. The summed E-state index contributed by atoms with van der Waals surface area (Å²) in [5.41, 5.74) is 0. The quantitative estimate of drug-likeness (QED) is 0.595. The average molecular weight is 267 g/mol. The SMILES string of the molecule is C=CCOCCNC(=O)N1CC[C@@H]2CCN(C)C[C@H]21. The predicted octanol–water partition coefficient (Wildman–Crippen LogP) is 0.925. The van der Waals surface area contributed by atoms with E-state index >= 15 is 0 Å². The lowest BCUT2D eigenvalue weighted by Gasteiger charge is -2.36. The molecule has 0 spiro atoms. The molecule has 19 heavy (non-hydrogen) atoms. The fourth-order valence-electron chi connectivity index (χ4n) is 3.05. The van der Waals surface area contributed by atoms with E-state index in [-0.39, 0.29) is 6.03 Å². The third-order valence-electron chi connectivity index (χ3n) is 4.08. The van der Waals surface area contributed by atoms with Crippen molar-refractivity contribution >= 4 is 6.03 Å². The van der Waals surface area contributed by atoms with Gasteiger partial charge in [-0.1, -0.05) is 6.08 Å². The van der Waals surface area contributed by atoms with Gasteiger partial charge in [0.15, 0.2) is 0 Å². The summed E-state index contributed by atoms with van der Waals surface area (Å²) in [5, 5.41) is 2.94. The van der Waals surface area contributed by atoms with Gasteiger partial charge < -0.3 is 19.9 Å². The maximum atomic E-state index is 12.2. The second-order valence-corrected chi connectivity index (χ2v) is 5.46. The van der Waals surface area contributed by atoms with Crippen LogP contribution in [0.5, 0.6) is 0 Å². The Bertz CT molecular complexity index is 322. The van der Waals surface area contributed by atoms with Gasteiger partial charge in [0.05, 0.1) is 13.2 Å². The molecule has 0 radical (unpaired) electrons. The van der Waals surface area contributed by atoms with Crippen molar-refractivity contribution in [2.45, 2.75) is 18.9 Å². The lowest BCUT2D eigenvalue weighted by molar-refractivity contribution is 0.126. The summed E-state index contributed by atoms with van der Waals surface area (Å²) in [7, 11) is 2.13. The summed E-state index contributed by atoms with van der Waals surface area (Å²) in [6.45, 7) is 8.28. The van der Waals surface area contributed by atoms with Crippen molar-refractivity contribution in [3.05, 3.63) is 12.7 Å². The molecule has 2 aliphatic heterocycles. The highest BCUT2D eigenvalue weighted by Crippen LogP contribution is 2.30. The largest absolute Gasteiger partial charge is 0.376 e. The number of fused-ring (bicyclic) bond motifs is 1. The molecule has 2 heterocycles. The molecular weight excluding hydrogens is 242 g/mol. The van der Waals surface area contributed by atoms with E-state index in [0.29, 0.717) is 31.7 Å². The van der Waals surface area contributed by atoms with Crippen molar-refractivity contribution in [3.8, 4) is 0 Å². The van der Waals surface area contributed by atoms with Crippen LogP contribution in [0, 0.1) is 5.92 Å². The summed E-state index contributed by atoms with van der Waals surface area (Å²) in [6.07, 6.45) is 4.08. The van der Waals surface area contributed by atoms with Gasteiger partial charge >= 0.3 is 6.03 Å². The van der Waals surface area contributed by atoms with Gasteiger partial charge in [-0.05, 0) is 32.4 Å². The second kappa shape index (κ2) is 6.91. The zero-order valence-corrected chi connectivity index (χ0v) is 11.8. The van der Waals surface area contributed by atoms with Crippen LogP contribution >= 0.6 is 0 Å². The van der Waals surface area contributed by atoms with Gasteiger partial charge in [-0.15, -0.1) is 6.58 Å². The predicted molar refractivity (Wildman–Crippen MR) is 75.1 cm³/mol. The molecule has 1 N–H and O–H groups in total. The van der Waals surface area contributed by atoms with E-state index in [2.05, 4.69) is 23.8 Å². The Morgan fingerprint density at radius 3 is 3.05 bits per heavy atom. The van der Waals surface area contributed by atoms with Crippen molar-refractivity contribution in [1.29, 1.82) is 0 Å². The molecule has 5 nitrogen and oxygen atoms in total. The minimum absolute atomic E-state index is 0.0602. The van der Waals surface area contributed by atoms with Crippen LogP contribution in [0.4, 0.5) is 4.79 Å². The maximum absolute atomic E-state index is 12.2. The smallest absolute Gasteiger partial charge is 0.317 e. The Kier molecular flexibility index (Phi) is 5.22. The second-order valence-electron chi connectivity index (χ2n) is 5.46. The van der Waals surface area contributed by atoms with Gasteiger partial charge in [-0.25, -0.2) is 4.79 Å². The average Bonchev–Trinajstić information content (AvgIpc) is 2.81. The lowest BCUT2D eigenvalue weighted by Crippen LogP contribution is -2.51. The number of carbonyl (C=O) groups is 1. The lowest BCUT2D eigenvalue weighted by atomic mass is 9.92. The van der Waals surface area contributed by atoms with Gasteiger partial charge in [-0.3, -0.25) is 0 Å². The first kappa shape index (κ1) is 14.3. The molecule has 2 rings (SSSR count). The van der Waals surface area contributed by atoms with E-state index in [0.717, 1.165) is 26.1 Å². The van der Waals surface area contributed by atoms with Crippen LogP contribution in [0.25, 0.3) is 0 Å². The molecule has 2 atom stereocenters. The highest BCUT2D eigenvalue weighted by molar-refractivity contribution is 5.75. The molecule has 0 bridgehead atoms. The van der Waals surface area contributed by atoms with E-state index in [1.54, 1.807) is 6.08 Å². The number of hydrogen-bond donors (Lipinski definition) is 1. The zero-order chi connectivity index (χ0) is 13.7. The number of likely N-dealkylation sites (N-methyl/N-ethyl adjacent to an activating group) is 1. The number of nitrogens with zero attached hydrogens (tertiary/aromatic N) is 2. The molecular formula is C14H25N3O2. The number of carbonyl (C=O) groups excluding carboxylic acids is 1. The maximum Gasteiger partial charge on any atom is 0.317 e. The van der Waals surface area contributed by atoms with Crippen LogP contribution < -0.4 is 5.32 Å². The topological polar surface area (TPSA) is 44.8 Å². The van der Waals surface area contributed by atoms with Crippen molar-refractivity contribution < 1.29 is 9.53 Å². The third-order valence-corrected chi connectivity index (χ3v) is 4.08. The first-order valence-electron chi connectivity index (χ1n) is 7.14. The highest BCUT2D eigenvalue weighted by Gasteiger charge is 2.39. The first-order chi connectivity index (χ1) is 9.22. The number of likely N-dealkylation sites (tertiary alicyclic amines) is 2. The summed E-state index contributed by atoms with van der Waals surface area (Å²) in [4.78, 5) is 16.5. The van der Waals surface area contributed by atoms with Crippen molar-refractivity contribution in [3.63, 3.8) is 0 Å². The molecule has 0 saturated carbocycles. The molecule has 0 aliphatic carbocycles. The number of urea groups is 1. The zero-order valence-electron chi connectivity index (χ0n) is 11.8. The van der Waals surface area contributed by atoms with Crippen LogP contribution in [-0.2, 0) is 4.74 Å². The molecule has 5 heteroatoms. The fourth-order valence-corrected chi connectivity index (χ4v) is 3.05. The van der Waals surface area contributed by atoms with Crippen molar-refractivity contribution in [2.75, 3.05) is 46.4 Å². The summed E-state index contributed by atoms with van der Waals surface area (Å²) >= 11 is 0. The molecule has 2 fully saturated rings. The molecule has 0 unspecified atom stereocenters. The van der Waals surface area contributed by atoms with E-state index in [4.69, 9.17) is 4.74 Å². The van der Waals surface area contributed by atoms with Crippen LogP contribution in [0.2, 0.25) is 0 Å². The minimum Gasteiger partial charge on any atom is -0.376 e. The molecule has 108 valence electrons. The van der Waals surface area contributed by atoms with Crippen molar-refractivity contribution in [1.82, 2.24) is 15.1 Å². The monoisotopic (exact) mass is 267 g/mol. The van der Waals surface area contributed by atoms with E-state index in [1.807, 2.05) is 4.90 Å². The Morgan fingerprint density at radius 2 is 2.26 bits per heavy atom. The number of hydrogen-bond acceptors (Lipinski definition) is 3. The van der Waals surface area contributed by atoms with E-state index in [1.165, 1.54) is 6.42 Å². The summed E-state index contributed by atoms with van der Waals surface area (Å²) < 4.78 is 5.26. The molecule has 0 aromatic rings. The van der Waals surface area contributed by atoms with Crippen molar-refractivity contribution in [2.24, 2.45) is 5.92 Å². The number of amides is 2. The number of rotatable bonds is 5. The standard InChI is InChI=1S/C14H25N3O2/c1-3-9-19-10-6-15-14(18)17-8-5-12-4-7-16(2)11-13(12)17/h3,12-13H,1,4-11H2,2H3,(H,15,18)/t12-,13+/m0/s1. The third kappa shape index (κ3) is 3.70. The molecule has 2 amide bonds.